The Morgan fingerprint density at radius 2 is 2.10 bits per heavy atom. The number of carbonyl (C=O) groups is 1. The van der Waals surface area contributed by atoms with Gasteiger partial charge in [0.25, 0.3) is 5.92 Å². The Kier molecular flexibility index (Phi) is 2.13. The second-order valence-electron chi connectivity index (χ2n) is 6.20. The fourth-order valence-corrected chi connectivity index (χ4v) is 3.39. The molecule has 1 aromatic rings. The van der Waals surface area contributed by atoms with Crippen molar-refractivity contribution in [2.75, 3.05) is 6.54 Å². The Bertz CT molecular complexity index is 603. The fourth-order valence-electron chi connectivity index (χ4n) is 3.39. The van der Waals surface area contributed by atoms with E-state index in [9.17, 15) is 13.6 Å². The molecule has 0 aromatic heterocycles. The number of alkyl halides is 2. The quantitative estimate of drug-likeness (QED) is 0.791. The highest BCUT2D eigenvalue weighted by Gasteiger charge is 2.74. The van der Waals surface area contributed by atoms with Crippen LogP contribution < -0.4 is 4.74 Å². The minimum atomic E-state index is -2.86. The van der Waals surface area contributed by atoms with Gasteiger partial charge in [0.05, 0.1) is 12.6 Å². The summed E-state index contributed by atoms with van der Waals surface area (Å²) in [6.07, 6.45) is 0.287. The second-order valence-corrected chi connectivity index (χ2v) is 6.20. The molecule has 2 bridgehead atoms. The lowest BCUT2D eigenvalue weighted by Crippen LogP contribution is -2.38. The Labute approximate surface area is 115 Å². The van der Waals surface area contributed by atoms with Crippen molar-refractivity contribution >= 4 is 5.91 Å². The standard InChI is InChI=1S/C15H15F2NO2/c1-14(8-15(14,16)17)13(19)18-7-9-6-11(18)10-4-2-3-5-12(10)20-9/h2-5,9,11H,6-8H2,1H3/t9-,11-,14?/m0/s1. The minimum Gasteiger partial charge on any atom is -0.488 e. The molecule has 3 aliphatic rings. The third-order valence-electron chi connectivity index (χ3n) is 4.83. The van der Waals surface area contributed by atoms with Gasteiger partial charge in [-0.05, 0) is 13.0 Å². The monoisotopic (exact) mass is 279 g/mol. The summed E-state index contributed by atoms with van der Waals surface area (Å²) >= 11 is 0. The molecule has 2 fully saturated rings. The Hall–Kier alpha value is -1.65. The zero-order chi connectivity index (χ0) is 14.1. The smallest absolute Gasteiger partial charge is 0.263 e. The maximum absolute atomic E-state index is 13.4. The largest absolute Gasteiger partial charge is 0.488 e. The predicted octanol–water partition coefficient (Wildman–Crippen LogP) is 2.77. The number of hydrogen-bond acceptors (Lipinski definition) is 2. The van der Waals surface area contributed by atoms with Crippen molar-refractivity contribution < 1.29 is 18.3 Å². The number of likely N-dealkylation sites (tertiary alicyclic amines) is 1. The first-order chi connectivity index (χ1) is 9.42. The molecule has 0 spiro atoms. The number of benzene rings is 1. The fraction of sp³-hybridized carbons (Fsp3) is 0.533. The van der Waals surface area contributed by atoms with Crippen LogP contribution in [0.4, 0.5) is 8.78 Å². The maximum atomic E-state index is 13.4. The zero-order valence-corrected chi connectivity index (χ0v) is 11.1. The summed E-state index contributed by atoms with van der Waals surface area (Å²) in [5.41, 5.74) is -0.582. The highest BCUT2D eigenvalue weighted by Crippen LogP contribution is 2.62. The molecule has 0 radical (unpaired) electrons. The molecule has 1 aliphatic carbocycles. The van der Waals surface area contributed by atoms with Crippen molar-refractivity contribution in [2.24, 2.45) is 5.41 Å². The molecule has 1 aromatic carbocycles. The van der Waals surface area contributed by atoms with E-state index in [1.807, 2.05) is 24.3 Å². The molecular formula is C15H15F2NO2. The van der Waals surface area contributed by atoms with Gasteiger partial charge in [-0.2, -0.15) is 0 Å². The van der Waals surface area contributed by atoms with Crippen molar-refractivity contribution in [3.8, 4) is 5.75 Å². The molecular weight excluding hydrogens is 264 g/mol. The van der Waals surface area contributed by atoms with Gasteiger partial charge < -0.3 is 9.64 Å². The Morgan fingerprint density at radius 3 is 2.80 bits per heavy atom. The molecule has 2 heterocycles. The Morgan fingerprint density at radius 1 is 1.40 bits per heavy atom. The average molecular weight is 279 g/mol. The number of halogens is 2. The zero-order valence-electron chi connectivity index (χ0n) is 11.1. The van der Waals surface area contributed by atoms with E-state index in [-0.39, 0.29) is 18.6 Å². The van der Waals surface area contributed by atoms with Crippen LogP contribution in [-0.4, -0.2) is 29.4 Å². The van der Waals surface area contributed by atoms with Crippen molar-refractivity contribution in [2.45, 2.75) is 37.8 Å². The summed E-state index contributed by atoms with van der Waals surface area (Å²) in [5, 5.41) is 0. The lowest BCUT2D eigenvalue weighted by Gasteiger charge is -2.28. The normalized spacial score (nSPS) is 36.2. The molecule has 1 amide bonds. The first-order valence-corrected chi connectivity index (χ1v) is 6.87. The van der Waals surface area contributed by atoms with Crippen LogP contribution >= 0.6 is 0 Å². The van der Waals surface area contributed by atoms with Gasteiger partial charge in [-0.3, -0.25) is 4.79 Å². The van der Waals surface area contributed by atoms with Gasteiger partial charge in [0.15, 0.2) is 0 Å². The van der Waals surface area contributed by atoms with Crippen molar-refractivity contribution in [1.29, 1.82) is 0 Å². The summed E-state index contributed by atoms with van der Waals surface area (Å²) in [7, 11) is 0. The number of carbonyl (C=O) groups excluding carboxylic acids is 1. The predicted molar refractivity (Wildman–Crippen MR) is 67.6 cm³/mol. The summed E-state index contributed by atoms with van der Waals surface area (Å²) in [5.74, 6) is -2.52. The van der Waals surface area contributed by atoms with Gasteiger partial charge in [-0.25, -0.2) is 8.78 Å². The van der Waals surface area contributed by atoms with E-state index in [0.29, 0.717) is 13.0 Å². The topological polar surface area (TPSA) is 29.5 Å². The second kappa shape index (κ2) is 3.51. The van der Waals surface area contributed by atoms with E-state index >= 15 is 0 Å². The van der Waals surface area contributed by atoms with Crippen LogP contribution in [0.1, 0.15) is 31.4 Å². The van der Waals surface area contributed by atoms with E-state index in [1.54, 1.807) is 4.90 Å². The van der Waals surface area contributed by atoms with Crippen molar-refractivity contribution in [3.63, 3.8) is 0 Å². The summed E-state index contributed by atoms with van der Waals surface area (Å²) in [6, 6.07) is 7.43. The van der Waals surface area contributed by atoms with Crippen LogP contribution in [0, 0.1) is 5.41 Å². The van der Waals surface area contributed by atoms with Gasteiger partial charge in [0.1, 0.15) is 17.3 Å². The van der Waals surface area contributed by atoms with Crippen LogP contribution in [0.5, 0.6) is 5.75 Å². The average Bonchev–Trinajstić information content (AvgIpc) is 2.78. The number of fused-ring (bicyclic) bond motifs is 4. The number of rotatable bonds is 1. The molecule has 1 saturated carbocycles. The molecule has 4 rings (SSSR count). The van der Waals surface area contributed by atoms with E-state index in [0.717, 1.165) is 11.3 Å². The van der Waals surface area contributed by atoms with Gasteiger partial charge in [-0.15, -0.1) is 0 Å². The number of para-hydroxylation sites is 1. The lowest BCUT2D eigenvalue weighted by molar-refractivity contribution is -0.141. The minimum absolute atomic E-state index is 0.0742. The van der Waals surface area contributed by atoms with Crippen LogP contribution in [0.2, 0.25) is 0 Å². The van der Waals surface area contributed by atoms with Crippen LogP contribution in [0.3, 0.4) is 0 Å². The van der Waals surface area contributed by atoms with Crippen LogP contribution in [-0.2, 0) is 4.79 Å². The molecule has 3 atom stereocenters. The van der Waals surface area contributed by atoms with E-state index < -0.39 is 17.2 Å². The highest BCUT2D eigenvalue weighted by atomic mass is 19.3. The summed E-state index contributed by atoms with van der Waals surface area (Å²) < 4.78 is 32.7. The van der Waals surface area contributed by atoms with Crippen LogP contribution in [0.15, 0.2) is 24.3 Å². The first-order valence-electron chi connectivity index (χ1n) is 6.87. The van der Waals surface area contributed by atoms with Crippen molar-refractivity contribution in [1.82, 2.24) is 4.90 Å². The van der Waals surface area contributed by atoms with Crippen molar-refractivity contribution in [3.05, 3.63) is 29.8 Å². The van der Waals surface area contributed by atoms with Crippen LogP contribution in [0.25, 0.3) is 0 Å². The third kappa shape index (κ3) is 1.41. The van der Waals surface area contributed by atoms with E-state index in [1.165, 1.54) is 6.92 Å². The highest BCUT2D eigenvalue weighted by molar-refractivity contribution is 5.88. The van der Waals surface area contributed by atoms with E-state index in [2.05, 4.69) is 0 Å². The third-order valence-corrected chi connectivity index (χ3v) is 4.83. The summed E-state index contributed by atoms with van der Waals surface area (Å²) in [6.45, 7) is 1.77. The Balaban J connectivity index is 1.68. The molecule has 20 heavy (non-hydrogen) atoms. The van der Waals surface area contributed by atoms with Gasteiger partial charge in [-0.1, -0.05) is 18.2 Å². The number of nitrogens with zero attached hydrogens (tertiary/aromatic N) is 1. The molecule has 106 valence electrons. The molecule has 3 nitrogen and oxygen atoms in total. The number of amides is 1. The molecule has 2 aliphatic heterocycles. The number of ether oxygens (including phenoxy) is 1. The summed E-state index contributed by atoms with van der Waals surface area (Å²) in [4.78, 5) is 14.1. The number of hydrogen-bond donors (Lipinski definition) is 0. The SMILES string of the molecule is CC1(C(=O)N2C[C@@H]3C[C@H]2c2ccccc2O3)CC1(F)F. The molecule has 5 heteroatoms. The lowest BCUT2D eigenvalue weighted by atomic mass is 9.99. The maximum Gasteiger partial charge on any atom is 0.263 e. The van der Waals surface area contributed by atoms with E-state index in [4.69, 9.17) is 4.74 Å². The molecule has 1 unspecified atom stereocenters. The van der Waals surface area contributed by atoms with Gasteiger partial charge >= 0.3 is 0 Å². The first kappa shape index (κ1) is 12.1. The molecule has 1 saturated heterocycles. The molecule has 0 N–H and O–H groups in total. The van der Waals surface area contributed by atoms with Gasteiger partial charge in [0.2, 0.25) is 5.91 Å². The van der Waals surface area contributed by atoms with Gasteiger partial charge in [0, 0.05) is 18.4 Å².